The molecule has 1 aliphatic carbocycles. The molecule has 0 bridgehead atoms. The molecule has 25 heavy (non-hydrogen) atoms. The number of rotatable bonds is 5. The van der Waals surface area contributed by atoms with Crippen LogP contribution in [0.2, 0.25) is 0 Å². The molecule has 1 atom stereocenters. The summed E-state index contributed by atoms with van der Waals surface area (Å²) < 4.78 is 26.7. The van der Waals surface area contributed by atoms with Crippen molar-refractivity contribution in [3.05, 3.63) is 64.7 Å². The summed E-state index contributed by atoms with van der Waals surface area (Å²) in [5.74, 6) is -1.41. The summed E-state index contributed by atoms with van der Waals surface area (Å²) in [7, 11) is 0. The van der Waals surface area contributed by atoms with E-state index < -0.39 is 11.6 Å². The average molecular weight is 344 g/mol. The van der Waals surface area contributed by atoms with Gasteiger partial charge in [0, 0.05) is 0 Å². The van der Waals surface area contributed by atoms with E-state index in [9.17, 15) is 13.6 Å². The highest BCUT2D eigenvalue weighted by Crippen LogP contribution is 2.24. The number of benzene rings is 2. The van der Waals surface area contributed by atoms with Crippen molar-refractivity contribution in [3.8, 4) is 0 Å². The van der Waals surface area contributed by atoms with Crippen molar-refractivity contribution in [1.82, 2.24) is 5.32 Å². The maximum atomic E-state index is 13.5. The molecule has 2 N–H and O–H groups in total. The lowest BCUT2D eigenvalue weighted by Gasteiger charge is -2.20. The molecule has 0 aromatic heterocycles. The van der Waals surface area contributed by atoms with Crippen molar-refractivity contribution in [2.75, 3.05) is 11.9 Å². The van der Waals surface area contributed by atoms with Crippen LogP contribution in [-0.4, -0.2) is 12.5 Å². The van der Waals surface area contributed by atoms with Gasteiger partial charge in [-0.2, -0.15) is 0 Å². The Kier molecular flexibility index (Phi) is 5.31. The topological polar surface area (TPSA) is 41.1 Å². The Morgan fingerprint density at radius 1 is 1.08 bits per heavy atom. The number of halogens is 2. The minimum Gasteiger partial charge on any atom is -0.374 e. The molecule has 3 rings (SSSR count). The van der Waals surface area contributed by atoms with Crippen molar-refractivity contribution in [3.63, 3.8) is 0 Å². The minimum atomic E-state index is -0.586. The van der Waals surface area contributed by atoms with E-state index in [0.29, 0.717) is 0 Å². The van der Waals surface area contributed by atoms with Crippen molar-refractivity contribution in [1.29, 1.82) is 0 Å². The number of fused-ring (bicyclic) bond motifs is 1. The third-order valence-electron chi connectivity index (χ3n) is 4.62. The summed E-state index contributed by atoms with van der Waals surface area (Å²) in [6.07, 6.45) is 4.66. The normalized spacial score (nSPS) is 14.5. The fourth-order valence-electron chi connectivity index (χ4n) is 3.21. The maximum Gasteiger partial charge on any atom is 0.239 e. The lowest BCUT2D eigenvalue weighted by atomic mass is 9.89. The Morgan fingerprint density at radius 3 is 2.64 bits per heavy atom. The van der Waals surface area contributed by atoms with E-state index in [-0.39, 0.29) is 24.2 Å². The smallest absolute Gasteiger partial charge is 0.239 e. The molecule has 5 heteroatoms. The molecule has 1 amide bonds. The largest absolute Gasteiger partial charge is 0.374 e. The van der Waals surface area contributed by atoms with E-state index in [0.717, 1.165) is 36.6 Å². The molecule has 1 unspecified atom stereocenters. The lowest BCUT2D eigenvalue weighted by molar-refractivity contribution is -0.120. The van der Waals surface area contributed by atoms with Crippen molar-refractivity contribution in [2.24, 2.45) is 0 Å². The molecular weight excluding hydrogens is 322 g/mol. The van der Waals surface area contributed by atoms with Crippen LogP contribution in [0.25, 0.3) is 0 Å². The summed E-state index contributed by atoms with van der Waals surface area (Å²) >= 11 is 0. The molecule has 0 spiro atoms. The van der Waals surface area contributed by atoms with Gasteiger partial charge in [0.15, 0.2) is 0 Å². The molecule has 2 aromatic carbocycles. The molecule has 0 heterocycles. The van der Waals surface area contributed by atoms with Gasteiger partial charge >= 0.3 is 0 Å². The first kappa shape index (κ1) is 17.4. The van der Waals surface area contributed by atoms with Crippen LogP contribution in [-0.2, 0) is 17.6 Å². The van der Waals surface area contributed by atoms with E-state index in [1.807, 2.05) is 6.92 Å². The first-order valence-corrected chi connectivity index (χ1v) is 8.63. The predicted molar refractivity (Wildman–Crippen MR) is 94.5 cm³/mol. The summed E-state index contributed by atoms with van der Waals surface area (Å²) in [6.45, 7) is 1.81. The standard InChI is InChI=1S/C20H22F2N2O/c1-13(15-7-6-14-4-2-3-5-16(14)10-15)24-20(25)12-23-19-11-17(21)8-9-18(19)22/h6-11,13,23H,2-5,12H2,1H3,(H,24,25). The molecule has 0 saturated heterocycles. The molecular formula is C20H22F2N2O. The quantitative estimate of drug-likeness (QED) is 0.856. The van der Waals surface area contributed by atoms with E-state index in [1.165, 1.54) is 24.0 Å². The second kappa shape index (κ2) is 7.64. The number of aryl methyl sites for hydroxylation is 2. The fourth-order valence-corrected chi connectivity index (χ4v) is 3.21. The number of hydrogen-bond donors (Lipinski definition) is 2. The number of anilines is 1. The Labute approximate surface area is 146 Å². The molecule has 0 radical (unpaired) electrons. The van der Waals surface area contributed by atoms with Gasteiger partial charge in [0.25, 0.3) is 0 Å². The summed E-state index contributed by atoms with van der Waals surface area (Å²) in [5.41, 5.74) is 3.81. The molecule has 3 nitrogen and oxygen atoms in total. The van der Waals surface area contributed by atoms with Crippen molar-refractivity contribution in [2.45, 2.75) is 38.6 Å². The number of carbonyl (C=O) groups is 1. The minimum absolute atomic E-state index is 0.0171. The second-order valence-corrected chi connectivity index (χ2v) is 6.50. The molecule has 0 aliphatic heterocycles. The first-order valence-electron chi connectivity index (χ1n) is 8.63. The SMILES string of the molecule is CC(NC(=O)CNc1cc(F)ccc1F)c1ccc2c(c1)CCCC2. The Morgan fingerprint density at radius 2 is 1.84 bits per heavy atom. The molecule has 2 aromatic rings. The van der Waals surface area contributed by atoms with Gasteiger partial charge in [-0.3, -0.25) is 4.79 Å². The number of amides is 1. The maximum absolute atomic E-state index is 13.5. The highest BCUT2D eigenvalue weighted by molar-refractivity contribution is 5.81. The Hall–Kier alpha value is -2.43. The number of nitrogens with one attached hydrogen (secondary N) is 2. The van der Waals surface area contributed by atoms with Crippen LogP contribution < -0.4 is 10.6 Å². The molecule has 0 saturated carbocycles. The van der Waals surface area contributed by atoms with Gasteiger partial charge in [-0.15, -0.1) is 0 Å². The third kappa shape index (κ3) is 4.35. The van der Waals surface area contributed by atoms with Crippen LogP contribution in [0.1, 0.15) is 42.5 Å². The van der Waals surface area contributed by atoms with Crippen LogP contribution in [0.3, 0.4) is 0 Å². The van der Waals surface area contributed by atoms with Gasteiger partial charge in [0.05, 0.1) is 18.3 Å². The molecule has 0 fully saturated rings. The van der Waals surface area contributed by atoms with Gasteiger partial charge in [0.2, 0.25) is 5.91 Å². The van der Waals surface area contributed by atoms with Crippen LogP contribution in [0.5, 0.6) is 0 Å². The van der Waals surface area contributed by atoms with Crippen LogP contribution in [0.4, 0.5) is 14.5 Å². The van der Waals surface area contributed by atoms with E-state index >= 15 is 0 Å². The summed E-state index contributed by atoms with van der Waals surface area (Å²) in [4.78, 5) is 12.1. The van der Waals surface area contributed by atoms with Crippen LogP contribution in [0.15, 0.2) is 36.4 Å². The van der Waals surface area contributed by atoms with E-state index in [2.05, 4.69) is 28.8 Å². The Balaban J connectivity index is 1.58. The average Bonchev–Trinajstić information content (AvgIpc) is 2.62. The summed E-state index contributed by atoms with van der Waals surface area (Å²) in [5, 5.41) is 5.52. The second-order valence-electron chi connectivity index (χ2n) is 6.50. The highest BCUT2D eigenvalue weighted by atomic mass is 19.1. The number of carbonyl (C=O) groups excluding carboxylic acids is 1. The van der Waals surface area contributed by atoms with Crippen LogP contribution >= 0.6 is 0 Å². The van der Waals surface area contributed by atoms with Gasteiger partial charge in [-0.1, -0.05) is 18.2 Å². The van der Waals surface area contributed by atoms with Gasteiger partial charge in [-0.25, -0.2) is 8.78 Å². The lowest BCUT2D eigenvalue weighted by Crippen LogP contribution is -2.32. The first-order chi connectivity index (χ1) is 12.0. The van der Waals surface area contributed by atoms with Crippen molar-refractivity contribution >= 4 is 11.6 Å². The Bertz CT molecular complexity index is 776. The molecule has 132 valence electrons. The summed E-state index contributed by atoms with van der Waals surface area (Å²) in [6, 6.07) is 9.33. The van der Waals surface area contributed by atoms with Gasteiger partial charge in [0.1, 0.15) is 11.6 Å². The van der Waals surface area contributed by atoms with Crippen molar-refractivity contribution < 1.29 is 13.6 Å². The molecule has 1 aliphatic rings. The van der Waals surface area contributed by atoms with Crippen LogP contribution in [0, 0.1) is 11.6 Å². The van der Waals surface area contributed by atoms with E-state index in [1.54, 1.807) is 0 Å². The fraction of sp³-hybridized carbons (Fsp3) is 0.350. The predicted octanol–water partition coefficient (Wildman–Crippen LogP) is 4.13. The zero-order valence-corrected chi connectivity index (χ0v) is 14.2. The third-order valence-corrected chi connectivity index (χ3v) is 4.62. The van der Waals surface area contributed by atoms with E-state index in [4.69, 9.17) is 0 Å². The zero-order valence-electron chi connectivity index (χ0n) is 14.2. The monoisotopic (exact) mass is 344 g/mol. The van der Waals surface area contributed by atoms with Gasteiger partial charge in [-0.05, 0) is 67.5 Å². The highest BCUT2D eigenvalue weighted by Gasteiger charge is 2.14. The number of hydrogen-bond acceptors (Lipinski definition) is 2. The zero-order chi connectivity index (χ0) is 17.8. The van der Waals surface area contributed by atoms with Gasteiger partial charge < -0.3 is 10.6 Å².